The molecule has 2 aromatic rings. The minimum atomic E-state index is -3.82. The summed E-state index contributed by atoms with van der Waals surface area (Å²) in [6.45, 7) is 4.16. The Morgan fingerprint density at radius 2 is 1.82 bits per heavy atom. The van der Waals surface area contributed by atoms with E-state index in [0.29, 0.717) is 30.6 Å². The van der Waals surface area contributed by atoms with Crippen LogP contribution in [0.2, 0.25) is 0 Å². The van der Waals surface area contributed by atoms with Crippen LogP contribution in [0.4, 0.5) is 0 Å². The molecule has 5 atom stereocenters. The topological polar surface area (TPSA) is 72.8 Å². The molecule has 5 unspecified atom stereocenters. The summed E-state index contributed by atoms with van der Waals surface area (Å²) in [5, 5.41) is 11.8. The van der Waals surface area contributed by atoms with Crippen molar-refractivity contribution < 1.29 is 22.4 Å². The highest BCUT2D eigenvalue weighted by molar-refractivity contribution is 7.86. The highest BCUT2D eigenvalue weighted by Crippen LogP contribution is 2.65. The molecule has 34 heavy (non-hydrogen) atoms. The van der Waals surface area contributed by atoms with Crippen molar-refractivity contribution in [2.45, 2.75) is 75.2 Å². The number of aliphatic hydroxyl groups is 1. The molecule has 2 fully saturated rings. The van der Waals surface area contributed by atoms with Gasteiger partial charge in [-0.1, -0.05) is 30.7 Å². The van der Waals surface area contributed by atoms with Crippen LogP contribution >= 0.6 is 0 Å². The van der Waals surface area contributed by atoms with Crippen molar-refractivity contribution in [3.8, 4) is 5.75 Å². The summed E-state index contributed by atoms with van der Waals surface area (Å²) in [5.41, 5.74) is 2.76. The second-order valence-corrected chi connectivity index (χ2v) is 12.5. The Hall–Kier alpha value is -1.89. The van der Waals surface area contributed by atoms with E-state index in [1.54, 1.807) is 31.4 Å². The number of hydrogen-bond donors (Lipinski definition) is 1. The Bertz CT molecular complexity index is 1160. The van der Waals surface area contributed by atoms with E-state index in [0.717, 1.165) is 43.4 Å². The second kappa shape index (κ2) is 8.65. The fourth-order valence-corrected chi connectivity index (χ4v) is 8.21. The van der Waals surface area contributed by atoms with Crippen LogP contribution in [0, 0.1) is 24.2 Å². The number of benzene rings is 2. The van der Waals surface area contributed by atoms with E-state index in [2.05, 4.69) is 25.1 Å². The van der Waals surface area contributed by atoms with E-state index in [9.17, 15) is 13.5 Å². The van der Waals surface area contributed by atoms with E-state index in [-0.39, 0.29) is 16.9 Å². The van der Waals surface area contributed by atoms with E-state index in [4.69, 9.17) is 8.92 Å². The van der Waals surface area contributed by atoms with Gasteiger partial charge < -0.3 is 9.84 Å². The smallest absolute Gasteiger partial charge is 0.296 e. The largest absolute Gasteiger partial charge is 0.497 e. The Labute approximate surface area is 203 Å². The van der Waals surface area contributed by atoms with Crippen molar-refractivity contribution in [2.24, 2.45) is 17.3 Å². The summed E-state index contributed by atoms with van der Waals surface area (Å²) in [4.78, 5) is 0.165. The molecule has 184 valence electrons. The first-order valence-corrected chi connectivity index (χ1v) is 13.9. The summed E-state index contributed by atoms with van der Waals surface area (Å²) in [5.74, 6) is 2.47. The lowest BCUT2D eigenvalue weighted by molar-refractivity contribution is -0.111. The number of ether oxygens (including phenoxy) is 1. The molecular formula is C28H36O5S. The molecule has 0 saturated heterocycles. The predicted molar refractivity (Wildman–Crippen MR) is 131 cm³/mol. The molecule has 2 saturated carbocycles. The normalized spacial score (nSPS) is 32.5. The maximum atomic E-state index is 12.6. The first kappa shape index (κ1) is 23.8. The third kappa shape index (κ3) is 3.88. The fourth-order valence-electron chi connectivity index (χ4n) is 7.30. The van der Waals surface area contributed by atoms with Crippen molar-refractivity contribution in [3.05, 3.63) is 59.2 Å². The maximum absolute atomic E-state index is 12.6. The third-order valence-corrected chi connectivity index (χ3v) is 10.6. The lowest BCUT2D eigenvalue weighted by atomic mass is 9.53. The standard InChI is InChI=1S/C28H36O5S/c1-19-4-8-22(9-5-19)34(30,31)33-17-16-28(29)15-13-26-25-10-6-20-18-21(32-3)7-11-23(20)24(25)12-14-27(26,28)2/h4-5,7-9,11,18,24-26,29H,6,10,12-17H2,1-3H3. The second-order valence-electron chi connectivity index (χ2n) is 10.8. The van der Waals surface area contributed by atoms with Gasteiger partial charge in [0.1, 0.15) is 5.75 Å². The highest BCUT2D eigenvalue weighted by Gasteiger charge is 2.61. The zero-order chi connectivity index (χ0) is 24.1. The fraction of sp³-hybridized carbons (Fsp3) is 0.571. The minimum Gasteiger partial charge on any atom is -0.497 e. The molecule has 0 bridgehead atoms. The van der Waals surface area contributed by atoms with Crippen LogP contribution in [0.1, 0.15) is 68.1 Å². The van der Waals surface area contributed by atoms with Gasteiger partial charge in [-0.3, -0.25) is 4.18 Å². The molecule has 3 aliphatic rings. The highest BCUT2D eigenvalue weighted by atomic mass is 32.2. The zero-order valence-electron chi connectivity index (χ0n) is 20.4. The van der Waals surface area contributed by atoms with Crippen LogP contribution < -0.4 is 4.74 Å². The van der Waals surface area contributed by atoms with Crippen LogP contribution in [-0.2, 0) is 20.7 Å². The molecule has 0 aliphatic heterocycles. The molecule has 5 rings (SSSR count). The minimum absolute atomic E-state index is 0.00570. The average Bonchev–Trinajstić information content (AvgIpc) is 3.09. The molecule has 0 radical (unpaired) electrons. The van der Waals surface area contributed by atoms with Gasteiger partial charge in [-0.2, -0.15) is 8.42 Å². The number of methoxy groups -OCH3 is 1. The van der Waals surface area contributed by atoms with E-state index < -0.39 is 15.7 Å². The first-order chi connectivity index (χ1) is 16.2. The van der Waals surface area contributed by atoms with Crippen LogP contribution in [0.5, 0.6) is 5.75 Å². The van der Waals surface area contributed by atoms with E-state index in [1.807, 2.05) is 6.92 Å². The molecule has 2 aromatic carbocycles. The van der Waals surface area contributed by atoms with Crippen molar-refractivity contribution in [1.82, 2.24) is 0 Å². The van der Waals surface area contributed by atoms with Crippen LogP contribution in [0.25, 0.3) is 0 Å². The molecule has 0 spiro atoms. The molecule has 0 aromatic heterocycles. The molecular weight excluding hydrogens is 448 g/mol. The maximum Gasteiger partial charge on any atom is 0.296 e. The van der Waals surface area contributed by atoms with Gasteiger partial charge in [0, 0.05) is 6.42 Å². The third-order valence-electron chi connectivity index (χ3n) is 9.32. The van der Waals surface area contributed by atoms with Crippen molar-refractivity contribution >= 4 is 10.1 Å². The number of aryl methyl sites for hydroxylation is 2. The average molecular weight is 485 g/mol. The predicted octanol–water partition coefficient (Wildman–Crippen LogP) is 5.39. The summed E-state index contributed by atoms with van der Waals surface area (Å²) in [6.07, 6.45) is 6.24. The van der Waals surface area contributed by atoms with Gasteiger partial charge >= 0.3 is 0 Å². The van der Waals surface area contributed by atoms with Crippen LogP contribution in [0.15, 0.2) is 47.4 Å². The first-order valence-electron chi connectivity index (χ1n) is 12.5. The summed E-state index contributed by atoms with van der Waals surface area (Å²) in [6, 6.07) is 13.2. The van der Waals surface area contributed by atoms with Gasteiger partial charge in [-0.05, 0) is 104 Å². The Balaban J connectivity index is 1.29. The molecule has 6 heteroatoms. The van der Waals surface area contributed by atoms with Gasteiger partial charge in [0.15, 0.2) is 0 Å². The van der Waals surface area contributed by atoms with Crippen LogP contribution in [0.3, 0.4) is 0 Å². The van der Waals surface area contributed by atoms with E-state index >= 15 is 0 Å². The number of fused-ring (bicyclic) bond motifs is 5. The lowest BCUT2D eigenvalue weighted by Crippen LogP contribution is -2.51. The Kier molecular flexibility index (Phi) is 6.06. The quantitative estimate of drug-likeness (QED) is 0.557. The van der Waals surface area contributed by atoms with Crippen LogP contribution in [-0.4, -0.2) is 32.8 Å². The van der Waals surface area contributed by atoms with Crippen molar-refractivity contribution in [1.29, 1.82) is 0 Å². The summed E-state index contributed by atoms with van der Waals surface area (Å²) < 4.78 is 36.1. The van der Waals surface area contributed by atoms with Gasteiger partial charge in [-0.15, -0.1) is 0 Å². The molecule has 0 heterocycles. The zero-order valence-corrected chi connectivity index (χ0v) is 21.2. The van der Waals surface area contributed by atoms with Gasteiger partial charge in [0.25, 0.3) is 10.1 Å². The van der Waals surface area contributed by atoms with Gasteiger partial charge in [0.05, 0.1) is 24.2 Å². The van der Waals surface area contributed by atoms with Gasteiger partial charge in [0.2, 0.25) is 0 Å². The number of rotatable bonds is 6. The summed E-state index contributed by atoms with van der Waals surface area (Å²) >= 11 is 0. The lowest BCUT2D eigenvalue weighted by Gasteiger charge is -2.53. The molecule has 3 aliphatic carbocycles. The monoisotopic (exact) mass is 484 g/mol. The Morgan fingerprint density at radius 1 is 1.06 bits per heavy atom. The van der Waals surface area contributed by atoms with Crippen molar-refractivity contribution in [3.63, 3.8) is 0 Å². The molecule has 5 nitrogen and oxygen atoms in total. The Morgan fingerprint density at radius 3 is 2.56 bits per heavy atom. The molecule has 0 amide bonds. The summed E-state index contributed by atoms with van der Waals surface area (Å²) in [7, 11) is -2.11. The number of hydrogen-bond acceptors (Lipinski definition) is 5. The molecule has 1 N–H and O–H groups in total. The van der Waals surface area contributed by atoms with Crippen molar-refractivity contribution in [2.75, 3.05) is 13.7 Å². The van der Waals surface area contributed by atoms with E-state index in [1.165, 1.54) is 11.1 Å². The van der Waals surface area contributed by atoms with Gasteiger partial charge in [-0.25, -0.2) is 0 Å². The SMILES string of the molecule is COc1ccc2c(c1)CCC1C2CCC2(C)C1CCC2(O)CCOS(=O)(=O)c1ccc(C)cc1.